The van der Waals surface area contributed by atoms with Crippen LogP contribution in [0.1, 0.15) is 17.7 Å². The highest BCUT2D eigenvalue weighted by Crippen LogP contribution is 2.30. The van der Waals surface area contributed by atoms with E-state index in [4.69, 9.17) is 0 Å². The van der Waals surface area contributed by atoms with Gasteiger partial charge in [0.05, 0.1) is 23.5 Å². The molecule has 1 aromatic heterocycles. The summed E-state index contributed by atoms with van der Waals surface area (Å²) < 4.78 is 25.7. The van der Waals surface area contributed by atoms with Crippen molar-refractivity contribution >= 4 is 11.4 Å². The van der Waals surface area contributed by atoms with Crippen molar-refractivity contribution in [2.45, 2.75) is 13.0 Å². The van der Waals surface area contributed by atoms with Crippen LogP contribution in [0.5, 0.6) is 0 Å². The molecule has 2 rings (SSSR count). The smallest absolute Gasteiger partial charge is 0.270 e. The summed E-state index contributed by atoms with van der Waals surface area (Å²) in [6, 6.07) is 3.33. The van der Waals surface area contributed by atoms with Crippen LogP contribution in [-0.4, -0.2) is 14.9 Å². The Labute approximate surface area is 106 Å². The van der Waals surface area contributed by atoms with E-state index >= 15 is 0 Å². The van der Waals surface area contributed by atoms with Crippen LogP contribution in [0, 0.1) is 10.1 Å². The first-order chi connectivity index (χ1) is 9.08. The zero-order valence-electron chi connectivity index (χ0n) is 9.64. The summed E-state index contributed by atoms with van der Waals surface area (Å²) in [4.78, 5) is 16.5. The number of nitrogens with one attached hydrogen (secondary N) is 2. The number of nitrogens with zero attached hydrogens (tertiary/aromatic N) is 2. The summed E-state index contributed by atoms with van der Waals surface area (Å²) in [7, 11) is 0. The van der Waals surface area contributed by atoms with Gasteiger partial charge in [-0.3, -0.25) is 10.1 Å². The molecule has 0 amide bonds. The Morgan fingerprint density at radius 1 is 1.47 bits per heavy atom. The molecule has 0 atom stereocenters. The van der Waals surface area contributed by atoms with E-state index in [0.29, 0.717) is 0 Å². The molecular formula is C11H10F2N4O2. The fraction of sp³-hybridized carbons (Fsp3) is 0.182. The molecule has 0 saturated carbocycles. The molecule has 2 N–H and O–H groups in total. The fourth-order valence-corrected chi connectivity index (χ4v) is 1.58. The van der Waals surface area contributed by atoms with Gasteiger partial charge in [-0.25, -0.2) is 13.8 Å². The molecule has 0 aliphatic carbocycles. The molecule has 8 heteroatoms. The third-order valence-corrected chi connectivity index (χ3v) is 2.51. The first-order valence-corrected chi connectivity index (χ1v) is 5.35. The summed E-state index contributed by atoms with van der Waals surface area (Å²) in [5.74, 6) is 0. The van der Waals surface area contributed by atoms with Crippen LogP contribution >= 0.6 is 0 Å². The van der Waals surface area contributed by atoms with Crippen molar-refractivity contribution in [3.63, 3.8) is 0 Å². The van der Waals surface area contributed by atoms with E-state index in [1.54, 1.807) is 6.20 Å². The van der Waals surface area contributed by atoms with Crippen LogP contribution in [0.2, 0.25) is 0 Å². The van der Waals surface area contributed by atoms with Crippen LogP contribution in [0.25, 0.3) is 0 Å². The van der Waals surface area contributed by atoms with E-state index < -0.39 is 16.9 Å². The molecule has 0 bridgehead atoms. The molecule has 19 heavy (non-hydrogen) atoms. The molecule has 0 aliphatic rings. The van der Waals surface area contributed by atoms with Gasteiger partial charge in [0.25, 0.3) is 12.1 Å². The van der Waals surface area contributed by atoms with E-state index in [2.05, 4.69) is 15.3 Å². The molecule has 1 aromatic carbocycles. The number of imidazole rings is 1. The van der Waals surface area contributed by atoms with Crippen LogP contribution in [0.15, 0.2) is 30.7 Å². The summed E-state index contributed by atoms with van der Waals surface area (Å²) in [6.45, 7) is 0.275. The molecule has 0 radical (unpaired) electrons. The van der Waals surface area contributed by atoms with Gasteiger partial charge in [-0.2, -0.15) is 0 Å². The predicted octanol–water partition coefficient (Wildman–Crippen LogP) is 2.87. The number of anilines is 1. The summed E-state index contributed by atoms with van der Waals surface area (Å²) in [5.41, 5.74) is 0.130. The van der Waals surface area contributed by atoms with Gasteiger partial charge in [0.1, 0.15) is 0 Å². The molecule has 0 aliphatic heterocycles. The molecule has 0 unspecified atom stereocenters. The molecule has 0 saturated heterocycles. The number of rotatable bonds is 5. The fourth-order valence-electron chi connectivity index (χ4n) is 1.58. The minimum absolute atomic E-state index is 0.162. The lowest BCUT2D eigenvalue weighted by Gasteiger charge is -2.10. The topological polar surface area (TPSA) is 83.8 Å². The number of hydrogen-bond donors (Lipinski definition) is 2. The number of alkyl halides is 2. The number of non-ortho nitro benzene ring substituents is 1. The Kier molecular flexibility index (Phi) is 3.69. The van der Waals surface area contributed by atoms with Gasteiger partial charge in [-0.05, 0) is 6.07 Å². The number of benzene rings is 1. The number of aromatic amines is 1. The molecule has 0 spiro atoms. The molecular weight excluding hydrogens is 258 g/mol. The molecule has 1 heterocycles. The van der Waals surface area contributed by atoms with Gasteiger partial charge in [-0.1, -0.05) is 0 Å². The monoisotopic (exact) mass is 268 g/mol. The lowest BCUT2D eigenvalue weighted by Crippen LogP contribution is -2.04. The first-order valence-electron chi connectivity index (χ1n) is 5.35. The highest BCUT2D eigenvalue weighted by atomic mass is 19.3. The van der Waals surface area contributed by atoms with Crippen LogP contribution in [0.3, 0.4) is 0 Å². The zero-order chi connectivity index (χ0) is 13.8. The van der Waals surface area contributed by atoms with Crippen molar-refractivity contribution in [2.75, 3.05) is 5.32 Å². The van der Waals surface area contributed by atoms with Crippen molar-refractivity contribution < 1.29 is 13.7 Å². The van der Waals surface area contributed by atoms with Crippen molar-refractivity contribution in [1.82, 2.24) is 9.97 Å². The van der Waals surface area contributed by atoms with Gasteiger partial charge in [0.15, 0.2) is 0 Å². The molecule has 0 fully saturated rings. The third kappa shape index (κ3) is 3.03. The van der Waals surface area contributed by atoms with Gasteiger partial charge in [0.2, 0.25) is 0 Å². The number of H-pyrrole nitrogens is 1. The summed E-state index contributed by atoms with van der Waals surface area (Å²) in [6.07, 6.45) is 0.241. The maximum Gasteiger partial charge on any atom is 0.270 e. The second-order valence-corrected chi connectivity index (χ2v) is 3.76. The van der Waals surface area contributed by atoms with E-state index in [-0.39, 0.29) is 17.9 Å². The van der Waals surface area contributed by atoms with Gasteiger partial charge in [0, 0.05) is 29.6 Å². The standard InChI is InChI=1S/C11H10F2N4O2/c12-11(13)9-3-8(17(18)19)1-2-10(9)15-5-7-4-14-6-16-7/h1-4,6,11,15H,5H2,(H,14,16). The highest BCUT2D eigenvalue weighted by molar-refractivity contribution is 5.56. The van der Waals surface area contributed by atoms with E-state index in [1.165, 1.54) is 18.5 Å². The number of hydrogen-bond acceptors (Lipinski definition) is 4. The average Bonchev–Trinajstić information content (AvgIpc) is 2.89. The van der Waals surface area contributed by atoms with E-state index in [9.17, 15) is 18.9 Å². The minimum Gasteiger partial charge on any atom is -0.379 e. The molecule has 2 aromatic rings. The van der Waals surface area contributed by atoms with E-state index in [0.717, 1.165) is 11.8 Å². The van der Waals surface area contributed by atoms with Crippen LogP contribution in [0.4, 0.5) is 20.2 Å². The van der Waals surface area contributed by atoms with Crippen molar-refractivity contribution in [1.29, 1.82) is 0 Å². The maximum atomic E-state index is 12.9. The van der Waals surface area contributed by atoms with Crippen LogP contribution in [-0.2, 0) is 6.54 Å². The number of nitro groups is 1. The average molecular weight is 268 g/mol. The van der Waals surface area contributed by atoms with Gasteiger partial charge in [-0.15, -0.1) is 0 Å². The number of nitro benzene ring substituents is 1. The first kappa shape index (κ1) is 12.9. The molecule has 6 nitrogen and oxygen atoms in total. The Morgan fingerprint density at radius 2 is 2.26 bits per heavy atom. The quantitative estimate of drug-likeness (QED) is 0.645. The van der Waals surface area contributed by atoms with Crippen molar-refractivity contribution in [2.24, 2.45) is 0 Å². The predicted molar refractivity (Wildman–Crippen MR) is 64.0 cm³/mol. The SMILES string of the molecule is O=[N+]([O-])c1ccc(NCc2cnc[nH]2)c(C(F)F)c1. The number of aromatic nitrogens is 2. The lowest BCUT2D eigenvalue weighted by molar-refractivity contribution is -0.385. The Hall–Kier alpha value is -2.51. The Balaban J connectivity index is 2.21. The maximum absolute atomic E-state index is 12.9. The molecule has 100 valence electrons. The second kappa shape index (κ2) is 5.42. The van der Waals surface area contributed by atoms with Crippen molar-refractivity contribution in [3.05, 3.63) is 52.1 Å². The highest BCUT2D eigenvalue weighted by Gasteiger charge is 2.17. The van der Waals surface area contributed by atoms with E-state index in [1.807, 2.05) is 0 Å². The number of halogens is 2. The summed E-state index contributed by atoms with van der Waals surface area (Å²) >= 11 is 0. The largest absolute Gasteiger partial charge is 0.379 e. The lowest BCUT2D eigenvalue weighted by atomic mass is 10.1. The zero-order valence-corrected chi connectivity index (χ0v) is 9.64. The van der Waals surface area contributed by atoms with Gasteiger partial charge < -0.3 is 10.3 Å². The van der Waals surface area contributed by atoms with Gasteiger partial charge >= 0.3 is 0 Å². The Morgan fingerprint density at radius 3 is 2.84 bits per heavy atom. The summed E-state index contributed by atoms with van der Waals surface area (Å²) in [5, 5.41) is 13.3. The Bertz CT molecular complexity index is 572. The van der Waals surface area contributed by atoms with Crippen molar-refractivity contribution in [3.8, 4) is 0 Å². The van der Waals surface area contributed by atoms with Crippen LogP contribution < -0.4 is 5.32 Å². The normalized spacial score (nSPS) is 10.7. The third-order valence-electron chi connectivity index (χ3n) is 2.51. The minimum atomic E-state index is -2.79. The second-order valence-electron chi connectivity index (χ2n) is 3.76.